The van der Waals surface area contributed by atoms with E-state index in [-0.39, 0.29) is 0 Å². The summed E-state index contributed by atoms with van der Waals surface area (Å²) < 4.78 is 0. The molecular formula is C102H66N2. The van der Waals surface area contributed by atoms with Crippen molar-refractivity contribution in [2.24, 2.45) is 0 Å². The summed E-state index contributed by atoms with van der Waals surface area (Å²) in [6.45, 7) is 0. The summed E-state index contributed by atoms with van der Waals surface area (Å²) in [6.07, 6.45) is 0. The van der Waals surface area contributed by atoms with E-state index in [9.17, 15) is 0 Å². The van der Waals surface area contributed by atoms with Crippen LogP contribution in [0.25, 0.3) is 110 Å². The van der Waals surface area contributed by atoms with Crippen molar-refractivity contribution < 1.29 is 0 Å². The molecule has 0 fully saturated rings. The molecule has 4 aliphatic rings. The number of benzene rings is 18. The highest BCUT2D eigenvalue weighted by Gasteiger charge is 2.54. The van der Waals surface area contributed by atoms with E-state index in [0.717, 1.165) is 22.7 Å². The van der Waals surface area contributed by atoms with E-state index in [1.165, 1.54) is 166 Å². The van der Waals surface area contributed by atoms with Crippen molar-refractivity contribution in [3.8, 4) is 66.8 Å². The topological polar surface area (TPSA) is 6.48 Å². The molecule has 0 unspecified atom stereocenters. The Morgan fingerprint density at radius 1 is 0.163 bits per heavy atom. The molecule has 4 aliphatic carbocycles. The average molecular weight is 1320 g/mol. The number of anilines is 6. The monoisotopic (exact) mass is 1320 g/mol. The molecule has 0 radical (unpaired) electrons. The molecule has 0 aromatic heterocycles. The normalized spacial score (nSPS) is 13.2. The molecular weight excluding hydrogens is 1250 g/mol. The lowest BCUT2D eigenvalue weighted by atomic mass is 9.70. The van der Waals surface area contributed by atoms with E-state index in [0.29, 0.717) is 0 Å². The van der Waals surface area contributed by atoms with Crippen LogP contribution in [0.2, 0.25) is 0 Å². The molecule has 0 aliphatic heterocycles. The van der Waals surface area contributed by atoms with Crippen LogP contribution in [0.15, 0.2) is 400 Å². The van der Waals surface area contributed by atoms with E-state index >= 15 is 0 Å². The minimum Gasteiger partial charge on any atom is -0.310 e. The smallest absolute Gasteiger partial charge is 0.0726 e. The van der Waals surface area contributed by atoms with Gasteiger partial charge in [0.05, 0.1) is 22.2 Å². The third-order valence-electron chi connectivity index (χ3n) is 22.8. The SMILES string of the molecule is c1ccc(-c2ccc(N(c3ccccc3)c3cc4c(c5ccccc35)-c3cc5ccccc5cc3C43c4ccccc4-c4ccccc43)cc2)cc1.c1ccc(-c2cccc(N(c3ccccc3)c3cc4c(c5ccccc35)-c3cc5ccccc5cc3C43c4ccccc4-c4ccccc43)c2)cc1. The highest BCUT2D eigenvalue weighted by molar-refractivity contribution is 6.16. The van der Waals surface area contributed by atoms with Gasteiger partial charge in [-0.3, -0.25) is 0 Å². The Hall–Kier alpha value is -13.4. The predicted molar refractivity (Wildman–Crippen MR) is 436 cm³/mol. The summed E-state index contributed by atoms with van der Waals surface area (Å²) >= 11 is 0. The lowest BCUT2D eigenvalue weighted by Gasteiger charge is -2.33. The fourth-order valence-electron chi connectivity index (χ4n) is 18.6. The predicted octanol–water partition coefficient (Wildman–Crippen LogP) is 26.9. The third kappa shape index (κ3) is 8.76. The van der Waals surface area contributed by atoms with Gasteiger partial charge in [-0.1, -0.05) is 315 Å². The maximum atomic E-state index is 2.53. The maximum absolute atomic E-state index is 2.53. The fourth-order valence-corrected chi connectivity index (χ4v) is 18.6. The van der Waals surface area contributed by atoms with Crippen LogP contribution in [0, 0.1) is 0 Å². The minimum absolute atomic E-state index is 0.472. The molecule has 2 spiro atoms. The first-order valence-corrected chi connectivity index (χ1v) is 36.2. The summed E-state index contributed by atoms with van der Waals surface area (Å²) in [5.41, 5.74) is 32.1. The lowest BCUT2D eigenvalue weighted by molar-refractivity contribution is 0.795. The number of nitrogens with zero attached hydrogens (tertiary/aromatic N) is 2. The molecule has 0 bridgehead atoms. The van der Waals surface area contributed by atoms with Crippen molar-refractivity contribution in [1.82, 2.24) is 0 Å². The summed E-state index contributed by atoms with van der Waals surface area (Å²) in [7, 11) is 0. The van der Waals surface area contributed by atoms with Gasteiger partial charge in [-0.25, -0.2) is 0 Å². The zero-order valence-electron chi connectivity index (χ0n) is 57.0. The second-order valence-corrected chi connectivity index (χ2v) is 28.1. The van der Waals surface area contributed by atoms with Crippen LogP contribution in [0.4, 0.5) is 34.1 Å². The summed E-state index contributed by atoms with van der Waals surface area (Å²) in [5, 5.41) is 10.1. The largest absolute Gasteiger partial charge is 0.310 e. The van der Waals surface area contributed by atoms with Crippen LogP contribution >= 0.6 is 0 Å². The molecule has 18 aromatic rings. The third-order valence-corrected chi connectivity index (χ3v) is 22.8. The van der Waals surface area contributed by atoms with Crippen molar-refractivity contribution in [2.75, 3.05) is 9.80 Å². The second kappa shape index (κ2) is 23.6. The molecule has 0 N–H and O–H groups in total. The van der Waals surface area contributed by atoms with Gasteiger partial charge in [-0.2, -0.15) is 0 Å². The minimum atomic E-state index is -0.477. The van der Waals surface area contributed by atoms with Gasteiger partial charge in [0.2, 0.25) is 0 Å². The first-order valence-electron chi connectivity index (χ1n) is 36.2. The number of hydrogen-bond acceptors (Lipinski definition) is 2. The highest BCUT2D eigenvalue weighted by atomic mass is 15.2. The molecule has 104 heavy (non-hydrogen) atoms. The van der Waals surface area contributed by atoms with Crippen LogP contribution < -0.4 is 9.80 Å². The van der Waals surface area contributed by atoms with Crippen LogP contribution in [-0.2, 0) is 10.8 Å². The van der Waals surface area contributed by atoms with E-state index in [1.54, 1.807) is 0 Å². The van der Waals surface area contributed by atoms with Crippen LogP contribution in [0.5, 0.6) is 0 Å². The van der Waals surface area contributed by atoms with E-state index in [1.807, 2.05) is 0 Å². The van der Waals surface area contributed by atoms with Crippen molar-refractivity contribution in [2.45, 2.75) is 10.8 Å². The van der Waals surface area contributed by atoms with E-state index < -0.39 is 10.8 Å². The number of rotatable bonds is 8. The first kappa shape index (κ1) is 59.5. The molecule has 0 heterocycles. The molecule has 2 nitrogen and oxygen atoms in total. The highest BCUT2D eigenvalue weighted by Crippen LogP contribution is 2.68. The van der Waals surface area contributed by atoms with E-state index in [4.69, 9.17) is 0 Å². The van der Waals surface area contributed by atoms with Gasteiger partial charge in [0.15, 0.2) is 0 Å². The Labute approximate surface area is 605 Å². The molecule has 0 saturated carbocycles. The van der Waals surface area contributed by atoms with Crippen molar-refractivity contribution >= 4 is 77.2 Å². The number of hydrogen-bond donors (Lipinski definition) is 0. The van der Waals surface area contributed by atoms with Gasteiger partial charge >= 0.3 is 0 Å². The van der Waals surface area contributed by atoms with Crippen LogP contribution in [-0.4, -0.2) is 0 Å². The Kier molecular flexibility index (Phi) is 13.5. The van der Waals surface area contributed by atoms with Gasteiger partial charge in [-0.15, -0.1) is 0 Å². The maximum Gasteiger partial charge on any atom is 0.0726 e. The van der Waals surface area contributed by atoms with Gasteiger partial charge in [-0.05, 0) is 229 Å². The standard InChI is InChI=1S/2C51H33N/c1-3-16-34(17-4-1)35-20-15-23-39(30-35)52(38-21-5-2-6-22-38)49-33-48-50(43-27-10-9-26-42(43)49)44-31-36-18-7-8-19-37(36)32-47(44)51(48)45-28-13-11-24-40(45)41-25-12-14-29-46(41)51;1-3-15-34(16-4-1)35-27-29-39(30-28-35)52(38-19-5-2-6-20-38)49-33-48-50(43-24-10-9-23-42(43)49)44-31-36-17-7-8-18-37(36)32-47(44)51(48)45-25-13-11-21-40(45)41-22-12-14-26-46(41)51/h2*1-33H. The summed E-state index contributed by atoms with van der Waals surface area (Å²) in [6, 6.07) is 148. The molecule has 22 rings (SSSR count). The molecule has 0 atom stereocenters. The fraction of sp³-hybridized carbons (Fsp3) is 0.0196. The molecule has 0 amide bonds. The van der Waals surface area contributed by atoms with Crippen LogP contribution in [0.3, 0.4) is 0 Å². The molecule has 0 saturated heterocycles. The van der Waals surface area contributed by atoms with Gasteiger partial charge in [0, 0.05) is 33.5 Å². The molecule has 18 aromatic carbocycles. The van der Waals surface area contributed by atoms with Crippen molar-refractivity contribution in [3.05, 3.63) is 445 Å². The Morgan fingerprint density at radius 2 is 0.462 bits per heavy atom. The zero-order chi connectivity index (χ0) is 68.5. The van der Waals surface area contributed by atoms with Gasteiger partial charge in [0.25, 0.3) is 0 Å². The Morgan fingerprint density at radius 3 is 0.885 bits per heavy atom. The summed E-state index contributed by atoms with van der Waals surface area (Å²) in [4.78, 5) is 4.92. The second-order valence-electron chi connectivity index (χ2n) is 28.1. The quantitative estimate of drug-likeness (QED) is 0.150. The average Bonchev–Trinajstić information content (AvgIpc) is 1.51. The summed E-state index contributed by atoms with van der Waals surface area (Å²) in [5.74, 6) is 0. The van der Waals surface area contributed by atoms with Gasteiger partial charge < -0.3 is 9.80 Å². The van der Waals surface area contributed by atoms with Crippen molar-refractivity contribution in [1.29, 1.82) is 0 Å². The van der Waals surface area contributed by atoms with Crippen molar-refractivity contribution in [3.63, 3.8) is 0 Å². The van der Waals surface area contributed by atoms with Crippen LogP contribution in [0.1, 0.15) is 44.5 Å². The molecule has 484 valence electrons. The number of fused-ring (bicyclic) bond motifs is 26. The van der Waals surface area contributed by atoms with Gasteiger partial charge in [0.1, 0.15) is 0 Å². The zero-order valence-corrected chi connectivity index (χ0v) is 57.0. The first-order chi connectivity index (χ1) is 51.6. The Balaban J connectivity index is 0.000000134. The number of para-hydroxylation sites is 2. The molecule has 2 heteroatoms. The van der Waals surface area contributed by atoms with E-state index in [2.05, 4.69) is 410 Å². The Bertz CT molecular complexity index is 6380. The lowest BCUT2D eigenvalue weighted by Crippen LogP contribution is -2.26.